The first-order valence-electron chi connectivity index (χ1n) is 5.00. The third-order valence-corrected chi connectivity index (χ3v) is 2.67. The molecule has 3 N–H and O–H groups in total. The smallest absolute Gasteiger partial charge is 0.330 e. The molecule has 0 unspecified atom stereocenters. The third kappa shape index (κ3) is 1.85. The summed E-state index contributed by atoms with van der Waals surface area (Å²) in [6, 6.07) is 0.918. The fourth-order valence-corrected chi connectivity index (χ4v) is 1.70. The van der Waals surface area contributed by atoms with Crippen LogP contribution >= 0.6 is 0 Å². The van der Waals surface area contributed by atoms with Gasteiger partial charge in [0.15, 0.2) is 18.5 Å². The number of aliphatic hydroxyl groups excluding tert-OH is 2. The minimum absolute atomic E-state index is 0.590. The number of hydrogen-bond donors (Lipinski definition) is 3. The van der Waals surface area contributed by atoms with Gasteiger partial charge in [-0.3, -0.25) is 14.3 Å². The van der Waals surface area contributed by atoms with Crippen molar-refractivity contribution >= 4 is 0 Å². The van der Waals surface area contributed by atoms with E-state index in [0.29, 0.717) is 4.57 Å². The average Bonchev–Trinajstić information content (AvgIpc) is 2.55. The summed E-state index contributed by atoms with van der Waals surface area (Å²) in [5.41, 5.74) is -1.72. The number of H-pyrrole nitrogens is 1. The Morgan fingerprint density at radius 3 is 2.72 bits per heavy atom. The van der Waals surface area contributed by atoms with Crippen LogP contribution in [-0.2, 0) is 4.74 Å². The summed E-state index contributed by atoms with van der Waals surface area (Å²) in [5, 5.41) is 18.0. The molecule has 1 aromatic heterocycles. The molecule has 1 aliphatic rings. The lowest BCUT2D eigenvalue weighted by molar-refractivity contribution is -0.207. The van der Waals surface area contributed by atoms with Gasteiger partial charge in [0.05, 0.1) is 0 Å². The largest absolute Gasteiger partial charge is 0.390 e. The number of alkyl halides is 2. The van der Waals surface area contributed by atoms with E-state index in [1.54, 1.807) is 0 Å². The highest BCUT2D eigenvalue weighted by Gasteiger charge is 2.57. The van der Waals surface area contributed by atoms with E-state index in [0.717, 1.165) is 12.3 Å². The van der Waals surface area contributed by atoms with Crippen LogP contribution in [-0.4, -0.2) is 44.5 Å². The Labute approximate surface area is 98.3 Å². The molecule has 0 amide bonds. The summed E-state index contributed by atoms with van der Waals surface area (Å²) in [4.78, 5) is 24.0. The van der Waals surface area contributed by atoms with Crippen molar-refractivity contribution in [1.82, 2.24) is 9.55 Å². The molecule has 100 valence electrons. The second-order valence-corrected chi connectivity index (χ2v) is 3.86. The minimum atomic E-state index is -2.99. The van der Waals surface area contributed by atoms with Crippen LogP contribution in [0.25, 0.3) is 0 Å². The Kier molecular flexibility index (Phi) is 3.05. The molecule has 0 saturated carbocycles. The van der Waals surface area contributed by atoms with Crippen LogP contribution in [0.15, 0.2) is 21.9 Å². The molecule has 7 nitrogen and oxygen atoms in total. The number of hydrogen-bond acceptors (Lipinski definition) is 5. The minimum Gasteiger partial charge on any atom is -0.390 e. The Morgan fingerprint density at radius 1 is 1.56 bits per heavy atom. The second-order valence-electron chi connectivity index (χ2n) is 3.86. The van der Waals surface area contributed by atoms with Crippen LogP contribution in [0.5, 0.6) is 0 Å². The number of nitrogens with one attached hydrogen (secondary N) is 1. The van der Waals surface area contributed by atoms with Gasteiger partial charge >= 0.3 is 5.69 Å². The first kappa shape index (κ1) is 12.9. The van der Waals surface area contributed by atoms with Gasteiger partial charge in [-0.05, 0) is 0 Å². The quantitative estimate of drug-likeness (QED) is 0.598. The highest BCUT2D eigenvalue weighted by Crippen LogP contribution is 2.38. The first-order chi connectivity index (χ1) is 8.39. The van der Waals surface area contributed by atoms with Gasteiger partial charge in [-0.1, -0.05) is 0 Å². The monoisotopic (exact) mass is 264 g/mol. The maximum Gasteiger partial charge on any atom is 0.330 e. The number of aliphatic hydroxyl groups is 2. The van der Waals surface area contributed by atoms with Crippen LogP contribution in [0.1, 0.15) is 6.23 Å². The number of aromatic amines is 1. The second kappa shape index (κ2) is 4.26. The lowest BCUT2D eigenvalue weighted by Crippen LogP contribution is -2.41. The number of rotatable bonds is 2. The van der Waals surface area contributed by atoms with Gasteiger partial charge in [0.2, 0.25) is 0 Å². The van der Waals surface area contributed by atoms with E-state index in [2.05, 4.69) is 4.74 Å². The fraction of sp³-hybridized carbons (Fsp3) is 0.556. The molecule has 1 fully saturated rings. The molecule has 2 heterocycles. The number of halogens is 2. The maximum absolute atomic E-state index is 13.7. The third-order valence-electron chi connectivity index (χ3n) is 2.67. The highest BCUT2D eigenvalue weighted by atomic mass is 19.2. The zero-order valence-corrected chi connectivity index (χ0v) is 8.92. The molecular weight excluding hydrogens is 254 g/mol. The lowest BCUT2D eigenvalue weighted by atomic mass is 10.1. The summed E-state index contributed by atoms with van der Waals surface area (Å²) >= 11 is 0. The predicted octanol–water partition coefficient (Wildman–Crippen LogP) is -1.58. The standard InChI is InChI=1S/C9H10F2N2O5/c10-5-6(16)9(11,3-14)18-7(5)13-2-1-4(15)12-8(13)17/h1-2,5-7,14,16H,3H2,(H,12,15,17)/t5-,6+,7-,9-/m1/s1. The number of nitrogens with zero attached hydrogens (tertiary/aromatic N) is 1. The molecule has 1 aliphatic heterocycles. The summed E-state index contributed by atoms with van der Waals surface area (Å²) in [6.45, 7) is -1.26. The first-order valence-corrected chi connectivity index (χ1v) is 5.00. The maximum atomic E-state index is 13.7. The van der Waals surface area contributed by atoms with Crippen LogP contribution in [0.4, 0.5) is 8.78 Å². The summed E-state index contributed by atoms with van der Waals surface area (Å²) in [5.74, 6) is -2.99. The Balaban J connectivity index is 2.41. The van der Waals surface area contributed by atoms with Gasteiger partial charge in [0.1, 0.15) is 6.61 Å². The van der Waals surface area contributed by atoms with E-state index >= 15 is 0 Å². The molecule has 0 spiro atoms. The van der Waals surface area contributed by atoms with Crippen molar-refractivity contribution in [3.63, 3.8) is 0 Å². The van der Waals surface area contributed by atoms with Gasteiger partial charge in [0.25, 0.3) is 11.4 Å². The summed E-state index contributed by atoms with van der Waals surface area (Å²) < 4.78 is 32.5. The van der Waals surface area contributed by atoms with Crippen LogP contribution < -0.4 is 11.2 Å². The van der Waals surface area contributed by atoms with Crippen LogP contribution in [0.2, 0.25) is 0 Å². The lowest BCUT2D eigenvalue weighted by Gasteiger charge is -2.19. The van der Waals surface area contributed by atoms with Crippen molar-refractivity contribution in [2.24, 2.45) is 0 Å². The number of ether oxygens (including phenoxy) is 1. The van der Waals surface area contributed by atoms with E-state index in [4.69, 9.17) is 5.11 Å². The zero-order valence-electron chi connectivity index (χ0n) is 8.92. The van der Waals surface area contributed by atoms with Crippen molar-refractivity contribution in [2.75, 3.05) is 6.61 Å². The molecule has 2 rings (SSSR count). The predicted molar refractivity (Wildman–Crippen MR) is 53.3 cm³/mol. The van der Waals surface area contributed by atoms with E-state index in [9.17, 15) is 23.5 Å². The van der Waals surface area contributed by atoms with Crippen molar-refractivity contribution in [1.29, 1.82) is 0 Å². The van der Waals surface area contributed by atoms with Crippen LogP contribution in [0.3, 0.4) is 0 Å². The van der Waals surface area contributed by atoms with E-state index in [1.165, 1.54) is 0 Å². The molecule has 0 radical (unpaired) electrons. The van der Waals surface area contributed by atoms with Crippen molar-refractivity contribution < 1.29 is 23.7 Å². The van der Waals surface area contributed by atoms with Gasteiger partial charge in [-0.25, -0.2) is 13.6 Å². The molecule has 4 atom stereocenters. The number of aromatic nitrogens is 2. The Bertz CT molecular complexity index is 558. The van der Waals surface area contributed by atoms with Crippen molar-refractivity contribution in [3.05, 3.63) is 33.1 Å². The molecule has 18 heavy (non-hydrogen) atoms. The molecule has 9 heteroatoms. The van der Waals surface area contributed by atoms with Crippen molar-refractivity contribution in [3.8, 4) is 0 Å². The molecular formula is C9H10F2N2O5. The van der Waals surface area contributed by atoms with Gasteiger partial charge < -0.3 is 14.9 Å². The SMILES string of the molecule is O=c1ccn([C@@H]2O[C@](F)(CO)[C@@H](O)[C@H]2F)c(=O)[nH]1. The molecule has 0 aromatic carbocycles. The van der Waals surface area contributed by atoms with E-state index in [1.807, 2.05) is 4.98 Å². The van der Waals surface area contributed by atoms with Crippen LogP contribution in [0, 0.1) is 0 Å². The normalized spacial score (nSPS) is 35.9. The van der Waals surface area contributed by atoms with Gasteiger partial charge in [-0.15, -0.1) is 0 Å². The van der Waals surface area contributed by atoms with Crippen molar-refractivity contribution in [2.45, 2.75) is 24.4 Å². The summed E-state index contributed by atoms with van der Waals surface area (Å²) in [6.07, 6.45) is -5.34. The fourth-order valence-electron chi connectivity index (χ4n) is 1.70. The molecule has 1 aromatic rings. The zero-order chi connectivity index (χ0) is 13.5. The highest BCUT2D eigenvalue weighted by molar-refractivity contribution is 4.96. The summed E-state index contributed by atoms with van der Waals surface area (Å²) in [7, 11) is 0. The Hall–Kier alpha value is -1.58. The van der Waals surface area contributed by atoms with E-state index in [-0.39, 0.29) is 0 Å². The Morgan fingerprint density at radius 2 is 2.22 bits per heavy atom. The molecule has 0 aliphatic carbocycles. The van der Waals surface area contributed by atoms with E-state index < -0.39 is 42.2 Å². The molecule has 0 bridgehead atoms. The van der Waals surface area contributed by atoms with Gasteiger partial charge in [0, 0.05) is 12.3 Å². The average molecular weight is 264 g/mol. The topological polar surface area (TPSA) is 105 Å². The van der Waals surface area contributed by atoms with Gasteiger partial charge in [-0.2, -0.15) is 0 Å². The molecule has 1 saturated heterocycles.